The summed E-state index contributed by atoms with van der Waals surface area (Å²) < 4.78 is 25.6. The van der Waals surface area contributed by atoms with Crippen molar-refractivity contribution in [3.8, 4) is 0 Å². The molecule has 1 aliphatic rings. The smallest absolute Gasteiger partial charge is 0.116 e. The van der Waals surface area contributed by atoms with E-state index < -0.39 is 12.8 Å². The van der Waals surface area contributed by atoms with Crippen LogP contribution in [-0.2, 0) is 4.74 Å². The van der Waals surface area contributed by atoms with Crippen LogP contribution in [0.4, 0.5) is 0 Å². The molecular weight excluding hydrogens is 114 g/mol. The molecule has 0 bridgehead atoms. The highest BCUT2D eigenvalue weighted by Crippen LogP contribution is 2.25. The number of rotatable bonds is 1. The molecule has 2 nitrogen and oxygen atoms in total. The van der Waals surface area contributed by atoms with Gasteiger partial charge in [-0.15, -0.1) is 0 Å². The van der Waals surface area contributed by atoms with Gasteiger partial charge < -0.3 is 10.5 Å². The van der Waals surface area contributed by atoms with Crippen molar-refractivity contribution in [1.82, 2.24) is 0 Å². The highest BCUT2D eigenvalue weighted by molar-refractivity contribution is 4.76. The van der Waals surface area contributed by atoms with E-state index in [-0.39, 0.29) is 0 Å². The molecule has 1 fully saturated rings. The van der Waals surface area contributed by atoms with Crippen LogP contribution >= 0.6 is 0 Å². The molecule has 1 rings (SSSR count). The second kappa shape index (κ2) is 2.67. The van der Waals surface area contributed by atoms with Crippen LogP contribution in [0, 0.1) is 0 Å². The lowest BCUT2D eigenvalue weighted by molar-refractivity contribution is -0.0338. The van der Waals surface area contributed by atoms with Crippen LogP contribution in [0.1, 0.15) is 36.2 Å². The van der Waals surface area contributed by atoms with Crippen molar-refractivity contribution < 1.29 is 8.85 Å². The Morgan fingerprint density at radius 3 is 2.67 bits per heavy atom. The second-order valence-corrected chi connectivity index (χ2v) is 2.73. The molecule has 9 heavy (non-hydrogen) atoms. The molecule has 2 heteroatoms. The SMILES string of the molecule is [2H]C([2H])([2H])OC1(N)CCCCC1. The number of hydrogen-bond donors (Lipinski definition) is 1. The average Bonchev–Trinajstić information content (AvgIpc) is 1.83. The van der Waals surface area contributed by atoms with E-state index in [1.807, 2.05) is 0 Å². The van der Waals surface area contributed by atoms with Crippen molar-refractivity contribution in [2.45, 2.75) is 37.8 Å². The van der Waals surface area contributed by atoms with E-state index in [0.29, 0.717) is 12.8 Å². The van der Waals surface area contributed by atoms with Crippen molar-refractivity contribution in [2.75, 3.05) is 7.04 Å². The summed E-state index contributed by atoms with van der Waals surface area (Å²) in [5.41, 5.74) is 4.86. The third-order valence-corrected chi connectivity index (χ3v) is 1.90. The summed E-state index contributed by atoms with van der Waals surface area (Å²) in [6.07, 6.45) is 4.37. The van der Waals surface area contributed by atoms with Crippen LogP contribution in [0.3, 0.4) is 0 Å². The average molecular weight is 132 g/mol. The topological polar surface area (TPSA) is 35.2 Å². The Labute approximate surface area is 60.6 Å². The van der Waals surface area contributed by atoms with Crippen LogP contribution < -0.4 is 5.73 Å². The minimum Gasteiger partial charge on any atom is -0.364 e. The van der Waals surface area contributed by atoms with Crippen LogP contribution in [0.25, 0.3) is 0 Å². The molecular formula is C7H15NO. The molecule has 2 N–H and O–H groups in total. The molecule has 0 aromatic carbocycles. The molecule has 1 saturated carbocycles. The first-order chi connectivity index (χ1) is 5.41. The summed E-state index contributed by atoms with van der Waals surface area (Å²) in [6, 6.07) is 0. The summed E-state index contributed by atoms with van der Waals surface area (Å²) >= 11 is 0. The van der Waals surface area contributed by atoms with Crippen LogP contribution in [0.5, 0.6) is 0 Å². The monoisotopic (exact) mass is 132 g/mol. The quantitative estimate of drug-likeness (QED) is 0.545. The molecule has 0 atom stereocenters. The van der Waals surface area contributed by atoms with Crippen molar-refractivity contribution in [3.05, 3.63) is 0 Å². The molecule has 0 aromatic rings. The van der Waals surface area contributed by atoms with Gasteiger partial charge in [0.1, 0.15) is 5.72 Å². The van der Waals surface area contributed by atoms with E-state index >= 15 is 0 Å². The third kappa shape index (κ3) is 1.66. The standard InChI is InChI=1S/C7H15NO/c1-9-7(8)5-3-2-4-6-7/h2-6,8H2,1H3/i1D3. The molecule has 0 unspecified atom stereocenters. The molecule has 0 spiro atoms. The molecule has 0 saturated heterocycles. The van der Waals surface area contributed by atoms with E-state index in [2.05, 4.69) is 0 Å². The first-order valence-corrected chi connectivity index (χ1v) is 3.40. The lowest BCUT2D eigenvalue weighted by Gasteiger charge is -2.31. The summed E-state index contributed by atoms with van der Waals surface area (Å²) in [7, 11) is -2.36. The zero-order valence-corrected chi connectivity index (χ0v) is 5.52. The number of nitrogens with two attached hydrogens (primary N) is 1. The zero-order chi connectivity index (χ0) is 9.24. The van der Waals surface area contributed by atoms with Gasteiger partial charge in [0.25, 0.3) is 0 Å². The van der Waals surface area contributed by atoms with E-state index in [1.165, 1.54) is 0 Å². The summed E-state index contributed by atoms with van der Waals surface area (Å²) in [6.45, 7) is 0. The van der Waals surface area contributed by atoms with Crippen molar-refractivity contribution in [1.29, 1.82) is 0 Å². The van der Waals surface area contributed by atoms with Gasteiger partial charge in [-0.2, -0.15) is 0 Å². The van der Waals surface area contributed by atoms with Gasteiger partial charge in [-0.3, -0.25) is 0 Å². The zero-order valence-electron chi connectivity index (χ0n) is 8.52. The molecule has 54 valence electrons. The lowest BCUT2D eigenvalue weighted by Crippen LogP contribution is -2.43. The van der Waals surface area contributed by atoms with Gasteiger partial charge in [-0.05, 0) is 25.7 Å². The van der Waals surface area contributed by atoms with Crippen molar-refractivity contribution in [2.24, 2.45) is 5.73 Å². The molecule has 0 radical (unpaired) electrons. The van der Waals surface area contributed by atoms with Crippen molar-refractivity contribution >= 4 is 0 Å². The predicted molar refractivity (Wildman–Crippen MR) is 37.0 cm³/mol. The predicted octanol–water partition coefficient (Wildman–Crippen LogP) is 1.25. The highest BCUT2D eigenvalue weighted by Gasteiger charge is 2.25. The van der Waals surface area contributed by atoms with E-state index in [1.54, 1.807) is 0 Å². The maximum atomic E-state index is 6.92. The fourth-order valence-corrected chi connectivity index (χ4v) is 1.25. The van der Waals surface area contributed by atoms with Gasteiger partial charge >= 0.3 is 0 Å². The maximum Gasteiger partial charge on any atom is 0.116 e. The van der Waals surface area contributed by atoms with Gasteiger partial charge in [0, 0.05) is 7.04 Å². The minimum absolute atomic E-state index is 0.658. The van der Waals surface area contributed by atoms with Crippen LogP contribution in [-0.4, -0.2) is 12.8 Å². The number of methoxy groups -OCH3 is 1. The van der Waals surface area contributed by atoms with Crippen LogP contribution in [0.15, 0.2) is 0 Å². The Kier molecular flexibility index (Phi) is 1.17. The maximum absolute atomic E-state index is 6.92. The first-order valence-electron chi connectivity index (χ1n) is 4.90. The van der Waals surface area contributed by atoms with Gasteiger partial charge in [0.05, 0.1) is 4.11 Å². The Morgan fingerprint density at radius 2 is 2.11 bits per heavy atom. The van der Waals surface area contributed by atoms with E-state index in [9.17, 15) is 0 Å². The highest BCUT2D eigenvalue weighted by atomic mass is 16.5. The fourth-order valence-electron chi connectivity index (χ4n) is 1.25. The van der Waals surface area contributed by atoms with Crippen molar-refractivity contribution in [3.63, 3.8) is 0 Å². The summed E-state index contributed by atoms with van der Waals surface area (Å²) in [4.78, 5) is 0. The van der Waals surface area contributed by atoms with Crippen LogP contribution in [0.2, 0.25) is 0 Å². The Bertz CT molecular complexity index is 151. The Hall–Kier alpha value is -0.0800. The minimum atomic E-state index is -2.36. The molecule has 0 heterocycles. The van der Waals surface area contributed by atoms with E-state index in [4.69, 9.17) is 14.6 Å². The van der Waals surface area contributed by atoms with Gasteiger partial charge in [0.15, 0.2) is 0 Å². The lowest BCUT2D eigenvalue weighted by atomic mass is 9.92. The Morgan fingerprint density at radius 1 is 1.44 bits per heavy atom. The molecule has 0 aromatic heterocycles. The largest absolute Gasteiger partial charge is 0.364 e. The van der Waals surface area contributed by atoms with Gasteiger partial charge in [-0.25, -0.2) is 0 Å². The summed E-state index contributed by atoms with van der Waals surface area (Å²) in [5.74, 6) is 0. The molecule has 1 aliphatic carbocycles. The Balaban J connectivity index is 2.47. The number of ether oxygens (including phenoxy) is 1. The number of hydrogen-bond acceptors (Lipinski definition) is 2. The first kappa shape index (κ1) is 3.94. The van der Waals surface area contributed by atoms with E-state index in [0.717, 1.165) is 19.3 Å². The normalized spacial score (nSPS) is 32.3. The third-order valence-electron chi connectivity index (χ3n) is 1.90. The van der Waals surface area contributed by atoms with Gasteiger partial charge in [-0.1, -0.05) is 6.42 Å². The summed E-state index contributed by atoms with van der Waals surface area (Å²) in [5, 5.41) is 0. The molecule has 0 amide bonds. The molecule has 0 aliphatic heterocycles. The second-order valence-electron chi connectivity index (χ2n) is 2.73. The fraction of sp³-hybridized carbons (Fsp3) is 1.00. The van der Waals surface area contributed by atoms with Gasteiger partial charge in [0.2, 0.25) is 0 Å².